The highest BCUT2D eigenvalue weighted by atomic mass is 16.5. The van der Waals surface area contributed by atoms with Gasteiger partial charge in [-0.3, -0.25) is 9.59 Å². The maximum absolute atomic E-state index is 11.6. The molecule has 0 unspecified atom stereocenters. The number of rotatable bonds is 2. The molecular formula is C11H9NO4. The molecule has 16 heavy (non-hydrogen) atoms. The van der Waals surface area contributed by atoms with Crippen LogP contribution in [0.2, 0.25) is 0 Å². The topological polar surface area (TPSA) is 82.5 Å². The van der Waals surface area contributed by atoms with Crippen LogP contribution in [0.15, 0.2) is 33.5 Å². The van der Waals surface area contributed by atoms with Crippen molar-refractivity contribution in [3.05, 3.63) is 40.2 Å². The summed E-state index contributed by atoms with van der Waals surface area (Å²) in [6, 6.07) is 5.81. The van der Waals surface area contributed by atoms with E-state index in [1.165, 1.54) is 7.11 Å². The van der Waals surface area contributed by atoms with Gasteiger partial charge in [-0.2, -0.15) is 0 Å². The van der Waals surface area contributed by atoms with Crippen molar-refractivity contribution >= 4 is 16.9 Å². The SMILES string of the molecule is COc1ccc2oc(C(N)=O)cc(=O)c2c1. The first-order valence-electron chi connectivity index (χ1n) is 4.53. The summed E-state index contributed by atoms with van der Waals surface area (Å²) < 4.78 is 10.2. The van der Waals surface area contributed by atoms with Crippen molar-refractivity contribution in [2.45, 2.75) is 0 Å². The first-order valence-corrected chi connectivity index (χ1v) is 4.53. The highest BCUT2D eigenvalue weighted by Crippen LogP contribution is 2.18. The Labute approximate surface area is 90.4 Å². The van der Waals surface area contributed by atoms with Crippen molar-refractivity contribution < 1.29 is 13.9 Å². The summed E-state index contributed by atoms with van der Waals surface area (Å²) in [5, 5.41) is 0.351. The van der Waals surface area contributed by atoms with Gasteiger partial charge in [-0.05, 0) is 18.2 Å². The van der Waals surface area contributed by atoms with Crippen LogP contribution in [0.4, 0.5) is 0 Å². The van der Waals surface area contributed by atoms with E-state index in [-0.39, 0.29) is 11.2 Å². The number of primary amides is 1. The zero-order valence-electron chi connectivity index (χ0n) is 8.52. The van der Waals surface area contributed by atoms with E-state index in [4.69, 9.17) is 14.9 Å². The van der Waals surface area contributed by atoms with Crippen molar-refractivity contribution in [1.29, 1.82) is 0 Å². The number of methoxy groups -OCH3 is 1. The zero-order chi connectivity index (χ0) is 11.7. The molecule has 0 bridgehead atoms. The van der Waals surface area contributed by atoms with Gasteiger partial charge < -0.3 is 14.9 Å². The van der Waals surface area contributed by atoms with Crippen LogP contribution in [-0.4, -0.2) is 13.0 Å². The van der Waals surface area contributed by atoms with E-state index in [1.54, 1.807) is 18.2 Å². The normalized spacial score (nSPS) is 10.3. The third-order valence-electron chi connectivity index (χ3n) is 2.18. The molecule has 1 heterocycles. The molecule has 0 radical (unpaired) electrons. The smallest absolute Gasteiger partial charge is 0.284 e. The lowest BCUT2D eigenvalue weighted by atomic mass is 10.2. The van der Waals surface area contributed by atoms with Crippen molar-refractivity contribution in [2.75, 3.05) is 7.11 Å². The number of fused-ring (bicyclic) bond motifs is 1. The zero-order valence-corrected chi connectivity index (χ0v) is 8.52. The van der Waals surface area contributed by atoms with Crippen LogP contribution in [0.25, 0.3) is 11.0 Å². The Hall–Kier alpha value is -2.30. The molecule has 5 nitrogen and oxygen atoms in total. The molecule has 0 aliphatic rings. The predicted octanol–water partition coefficient (Wildman–Crippen LogP) is 0.901. The number of carbonyl (C=O) groups is 1. The molecule has 0 aliphatic heterocycles. The van der Waals surface area contributed by atoms with Crippen LogP contribution >= 0.6 is 0 Å². The molecule has 1 amide bonds. The Kier molecular flexibility index (Phi) is 2.36. The van der Waals surface area contributed by atoms with Crippen LogP contribution in [0.1, 0.15) is 10.6 Å². The molecule has 82 valence electrons. The molecule has 0 saturated heterocycles. The van der Waals surface area contributed by atoms with E-state index in [2.05, 4.69) is 0 Å². The Balaban J connectivity index is 2.76. The van der Waals surface area contributed by atoms with Gasteiger partial charge in [0.25, 0.3) is 5.91 Å². The highest BCUT2D eigenvalue weighted by Gasteiger charge is 2.09. The number of amides is 1. The number of hydrogen-bond donors (Lipinski definition) is 1. The second-order valence-corrected chi connectivity index (χ2v) is 3.20. The van der Waals surface area contributed by atoms with Gasteiger partial charge in [-0.1, -0.05) is 0 Å². The summed E-state index contributed by atoms with van der Waals surface area (Å²) in [6.45, 7) is 0. The molecule has 2 N–H and O–H groups in total. The van der Waals surface area contributed by atoms with E-state index < -0.39 is 5.91 Å². The largest absolute Gasteiger partial charge is 0.497 e. The fourth-order valence-corrected chi connectivity index (χ4v) is 1.38. The minimum Gasteiger partial charge on any atom is -0.497 e. The first-order chi connectivity index (χ1) is 7.61. The maximum atomic E-state index is 11.6. The molecule has 0 spiro atoms. The maximum Gasteiger partial charge on any atom is 0.284 e. The second-order valence-electron chi connectivity index (χ2n) is 3.20. The number of nitrogens with two attached hydrogens (primary N) is 1. The first kappa shape index (κ1) is 10.2. The van der Waals surface area contributed by atoms with E-state index in [9.17, 15) is 9.59 Å². The predicted molar refractivity (Wildman–Crippen MR) is 57.6 cm³/mol. The van der Waals surface area contributed by atoms with Gasteiger partial charge in [0.2, 0.25) is 0 Å². The highest BCUT2D eigenvalue weighted by molar-refractivity contribution is 5.91. The minimum atomic E-state index is -0.769. The van der Waals surface area contributed by atoms with Crippen molar-refractivity contribution in [2.24, 2.45) is 5.73 Å². The lowest BCUT2D eigenvalue weighted by Gasteiger charge is -2.02. The molecule has 2 aromatic rings. The second kappa shape index (κ2) is 3.69. The summed E-state index contributed by atoms with van der Waals surface area (Å²) in [7, 11) is 1.50. The van der Waals surface area contributed by atoms with Crippen molar-refractivity contribution in [3.63, 3.8) is 0 Å². The van der Waals surface area contributed by atoms with E-state index in [1.807, 2.05) is 0 Å². The Morgan fingerprint density at radius 2 is 2.12 bits per heavy atom. The fourth-order valence-electron chi connectivity index (χ4n) is 1.38. The summed E-state index contributed by atoms with van der Waals surface area (Å²) in [5.74, 6) is -0.371. The molecule has 2 rings (SSSR count). The molecule has 1 aromatic heterocycles. The molecule has 5 heteroatoms. The molecular weight excluding hydrogens is 210 g/mol. The van der Waals surface area contributed by atoms with E-state index >= 15 is 0 Å². The van der Waals surface area contributed by atoms with Gasteiger partial charge >= 0.3 is 0 Å². The van der Waals surface area contributed by atoms with Gasteiger partial charge in [0.1, 0.15) is 11.3 Å². The van der Waals surface area contributed by atoms with Crippen molar-refractivity contribution in [1.82, 2.24) is 0 Å². The summed E-state index contributed by atoms with van der Waals surface area (Å²) in [5.41, 5.74) is 5.02. The van der Waals surface area contributed by atoms with Crippen LogP contribution in [0.3, 0.4) is 0 Å². The van der Waals surface area contributed by atoms with Crippen molar-refractivity contribution in [3.8, 4) is 5.75 Å². The van der Waals surface area contributed by atoms with E-state index in [0.29, 0.717) is 16.7 Å². The quantitative estimate of drug-likeness (QED) is 0.813. The average Bonchev–Trinajstić information content (AvgIpc) is 2.28. The number of hydrogen-bond acceptors (Lipinski definition) is 4. The molecule has 0 atom stereocenters. The van der Waals surface area contributed by atoms with Gasteiger partial charge in [0, 0.05) is 6.07 Å². The van der Waals surface area contributed by atoms with Gasteiger partial charge in [-0.25, -0.2) is 0 Å². The van der Waals surface area contributed by atoms with Crippen LogP contribution in [0, 0.1) is 0 Å². The summed E-state index contributed by atoms with van der Waals surface area (Å²) in [4.78, 5) is 22.5. The standard InChI is InChI=1S/C11H9NO4/c1-15-6-2-3-9-7(4-6)8(13)5-10(16-9)11(12)14/h2-5H,1H3,(H2,12,14). The van der Waals surface area contributed by atoms with Gasteiger partial charge in [0.15, 0.2) is 11.2 Å². The van der Waals surface area contributed by atoms with E-state index in [0.717, 1.165) is 6.07 Å². The summed E-state index contributed by atoms with van der Waals surface area (Å²) in [6.07, 6.45) is 0. The molecule has 1 aromatic carbocycles. The van der Waals surface area contributed by atoms with Gasteiger partial charge in [0.05, 0.1) is 12.5 Å². The lowest BCUT2D eigenvalue weighted by molar-refractivity contribution is 0.0974. The van der Waals surface area contributed by atoms with Crippen LogP contribution < -0.4 is 15.9 Å². The third-order valence-corrected chi connectivity index (χ3v) is 2.18. The van der Waals surface area contributed by atoms with Crippen LogP contribution in [0.5, 0.6) is 5.75 Å². The third kappa shape index (κ3) is 1.63. The monoisotopic (exact) mass is 219 g/mol. The Morgan fingerprint density at radius 3 is 2.75 bits per heavy atom. The Morgan fingerprint density at radius 1 is 1.38 bits per heavy atom. The van der Waals surface area contributed by atoms with Crippen LogP contribution in [-0.2, 0) is 0 Å². The lowest BCUT2D eigenvalue weighted by Crippen LogP contribution is -2.14. The summed E-state index contributed by atoms with van der Waals surface area (Å²) >= 11 is 0. The Bertz CT molecular complexity index is 615. The molecule has 0 aliphatic carbocycles. The van der Waals surface area contributed by atoms with Gasteiger partial charge in [-0.15, -0.1) is 0 Å². The number of ether oxygens (including phenoxy) is 1. The fraction of sp³-hybridized carbons (Fsp3) is 0.0909. The number of carbonyl (C=O) groups excluding carboxylic acids is 1. The number of benzene rings is 1. The molecule has 0 fully saturated rings. The molecule has 0 saturated carbocycles. The average molecular weight is 219 g/mol. The minimum absolute atomic E-state index is 0.150.